The predicted molar refractivity (Wildman–Crippen MR) is 76.4 cm³/mol. The van der Waals surface area contributed by atoms with Gasteiger partial charge in [0.05, 0.1) is 12.1 Å². The Kier molecular flexibility index (Phi) is 4.70. The molecule has 0 bridgehead atoms. The van der Waals surface area contributed by atoms with Crippen LogP contribution in [0, 0.1) is 0 Å². The smallest absolute Gasteiger partial charge is 0.128 e. The summed E-state index contributed by atoms with van der Waals surface area (Å²) in [5, 5.41) is 4.69. The summed E-state index contributed by atoms with van der Waals surface area (Å²) >= 11 is 0. The molecule has 0 N–H and O–H groups in total. The molecule has 2 rings (SSSR count). The molecule has 0 spiro atoms. The number of hydrogen-bond acceptors (Lipinski definition) is 2. The molecule has 0 unspecified atom stereocenters. The van der Waals surface area contributed by atoms with E-state index in [1.807, 2.05) is 12.1 Å². The highest BCUT2D eigenvalue weighted by molar-refractivity contribution is 5.86. The number of benzene rings is 1. The topological polar surface area (TPSA) is 62.9 Å². The molecular formula is C14H18N4O. The summed E-state index contributed by atoms with van der Waals surface area (Å²) < 4.78 is 7.91. The highest BCUT2D eigenvalue weighted by Crippen LogP contribution is 2.26. The van der Waals surface area contributed by atoms with E-state index in [-0.39, 0.29) is 0 Å². The molecule has 2 aromatic rings. The van der Waals surface area contributed by atoms with Gasteiger partial charge >= 0.3 is 0 Å². The molecular weight excluding hydrogens is 240 g/mol. The van der Waals surface area contributed by atoms with Crippen molar-refractivity contribution in [3.8, 4) is 5.75 Å². The summed E-state index contributed by atoms with van der Waals surface area (Å²) in [5.74, 6) is 0.938. The van der Waals surface area contributed by atoms with Gasteiger partial charge in [0.1, 0.15) is 5.75 Å². The van der Waals surface area contributed by atoms with E-state index in [2.05, 4.69) is 39.8 Å². The van der Waals surface area contributed by atoms with E-state index in [4.69, 9.17) is 10.3 Å². The van der Waals surface area contributed by atoms with Crippen molar-refractivity contribution in [1.82, 2.24) is 4.57 Å². The molecule has 0 amide bonds. The summed E-state index contributed by atoms with van der Waals surface area (Å²) in [7, 11) is 0. The number of rotatable bonds is 7. The van der Waals surface area contributed by atoms with Gasteiger partial charge in [-0.3, -0.25) is 0 Å². The Labute approximate surface area is 112 Å². The van der Waals surface area contributed by atoms with Crippen LogP contribution in [0.5, 0.6) is 5.75 Å². The number of azide groups is 1. The van der Waals surface area contributed by atoms with Gasteiger partial charge in [-0.1, -0.05) is 18.1 Å². The minimum atomic E-state index is 0.530. The zero-order valence-electron chi connectivity index (χ0n) is 11.1. The first-order chi connectivity index (χ1) is 9.36. The van der Waals surface area contributed by atoms with Crippen molar-refractivity contribution in [2.24, 2.45) is 5.11 Å². The Morgan fingerprint density at radius 1 is 1.37 bits per heavy atom. The van der Waals surface area contributed by atoms with Crippen LogP contribution in [0.15, 0.2) is 35.6 Å². The second-order valence-electron chi connectivity index (χ2n) is 4.35. The Hall–Kier alpha value is -2.13. The van der Waals surface area contributed by atoms with Crippen LogP contribution < -0.4 is 4.74 Å². The largest absolute Gasteiger partial charge is 0.493 e. The minimum absolute atomic E-state index is 0.530. The lowest BCUT2D eigenvalue weighted by Crippen LogP contribution is -1.98. The first kappa shape index (κ1) is 13.3. The molecule has 0 saturated carbocycles. The molecule has 5 nitrogen and oxygen atoms in total. The highest BCUT2D eigenvalue weighted by Gasteiger charge is 2.05. The Morgan fingerprint density at radius 2 is 2.26 bits per heavy atom. The van der Waals surface area contributed by atoms with Gasteiger partial charge in [0.15, 0.2) is 0 Å². The van der Waals surface area contributed by atoms with Crippen molar-refractivity contribution < 1.29 is 4.74 Å². The van der Waals surface area contributed by atoms with Crippen molar-refractivity contribution in [2.45, 2.75) is 26.3 Å². The Morgan fingerprint density at radius 3 is 3.05 bits per heavy atom. The predicted octanol–water partition coefficient (Wildman–Crippen LogP) is 4.13. The second-order valence-corrected chi connectivity index (χ2v) is 4.35. The molecule has 1 heterocycles. The lowest BCUT2D eigenvalue weighted by molar-refractivity contribution is 0.321. The minimum Gasteiger partial charge on any atom is -0.493 e. The molecule has 0 aliphatic heterocycles. The fraction of sp³-hybridized carbons (Fsp3) is 0.429. The maximum absolute atomic E-state index is 8.25. The molecule has 1 aromatic carbocycles. The van der Waals surface area contributed by atoms with Crippen LogP contribution in [-0.2, 0) is 6.54 Å². The third-order valence-corrected chi connectivity index (χ3v) is 2.96. The van der Waals surface area contributed by atoms with E-state index in [9.17, 15) is 0 Å². The zero-order chi connectivity index (χ0) is 13.5. The summed E-state index contributed by atoms with van der Waals surface area (Å²) in [6.45, 7) is 4.21. The van der Waals surface area contributed by atoms with Crippen molar-refractivity contribution in [3.05, 3.63) is 40.9 Å². The quantitative estimate of drug-likeness (QED) is 0.319. The van der Waals surface area contributed by atoms with Gasteiger partial charge in [-0.05, 0) is 36.6 Å². The number of hydrogen-bond donors (Lipinski definition) is 0. The van der Waals surface area contributed by atoms with Crippen LogP contribution in [0.1, 0.15) is 19.8 Å². The summed E-state index contributed by atoms with van der Waals surface area (Å²) in [5.41, 5.74) is 9.41. The maximum atomic E-state index is 8.25. The Bertz CT molecular complexity index is 584. The summed E-state index contributed by atoms with van der Waals surface area (Å²) in [6, 6.07) is 8.18. The monoisotopic (exact) mass is 258 g/mol. The summed E-state index contributed by atoms with van der Waals surface area (Å²) in [6.07, 6.45) is 3.90. The first-order valence-corrected chi connectivity index (χ1v) is 6.58. The van der Waals surface area contributed by atoms with Crippen molar-refractivity contribution >= 4 is 10.9 Å². The molecule has 100 valence electrons. The van der Waals surface area contributed by atoms with E-state index in [1.54, 1.807) is 0 Å². The SMILES string of the molecule is CCCOc1cccc2c1ccn2CCCN=[N+]=[N-]. The molecule has 0 saturated heterocycles. The highest BCUT2D eigenvalue weighted by atomic mass is 16.5. The molecule has 0 atom stereocenters. The van der Waals surface area contributed by atoms with Gasteiger partial charge in [-0.25, -0.2) is 0 Å². The maximum Gasteiger partial charge on any atom is 0.128 e. The fourth-order valence-electron chi connectivity index (χ4n) is 2.08. The van der Waals surface area contributed by atoms with Crippen molar-refractivity contribution in [3.63, 3.8) is 0 Å². The lowest BCUT2D eigenvalue weighted by atomic mass is 10.2. The van der Waals surface area contributed by atoms with Crippen LogP contribution in [0.3, 0.4) is 0 Å². The van der Waals surface area contributed by atoms with E-state index in [0.717, 1.165) is 42.6 Å². The Balaban J connectivity index is 2.15. The van der Waals surface area contributed by atoms with Gasteiger partial charge in [-0.2, -0.15) is 0 Å². The second kappa shape index (κ2) is 6.71. The normalized spacial score (nSPS) is 10.4. The van der Waals surface area contributed by atoms with E-state index in [0.29, 0.717) is 6.54 Å². The average Bonchev–Trinajstić information content (AvgIpc) is 2.85. The molecule has 0 aliphatic rings. The molecule has 5 heteroatoms. The summed E-state index contributed by atoms with van der Waals surface area (Å²) in [4.78, 5) is 2.76. The van der Waals surface area contributed by atoms with Crippen LogP contribution in [0.25, 0.3) is 21.3 Å². The molecule has 0 aliphatic carbocycles. The lowest BCUT2D eigenvalue weighted by Gasteiger charge is -2.07. The van der Waals surface area contributed by atoms with Crippen LogP contribution in [0.4, 0.5) is 0 Å². The number of nitrogens with zero attached hydrogens (tertiary/aromatic N) is 4. The van der Waals surface area contributed by atoms with E-state index in [1.165, 1.54) is 0 Å². The standard InChI is InChI=1S/C14H18N4O/c1-2-11-19-14-6-3-5-13-12(14)7-10-18(13)9-4-8-16-17-15/h3,5-7,10H,2,4,8-9,11H2,1H3. The number of fused-ring (bicyclic) bond motifs is 1. The van der Waals surface area contributed by atoms with Gasteiger partial charge < -0.3 is 9.30 Å². The van der Waals surface area contributed by atoms with Crippen molar-refractivity contribution in [2.75, 3.05) is 13.2 Å². The average molecular weight is 258 g/mol. The number of ether oxygens (including phenoxy) is 1. The van der Waals surface area contributed by atoms with E-state index >= 15 is 0 Å². The van der Waals surface area contributed by atoms with Crippen LogP contribution >= 0.6 is 0 Å². The van der Waals surface area contributed by atoms with Gasteiger partial charge in [0.25, 0.3) is 0 Å². The van der Waals surface area contributed by atoms with Gasteiger partial charge in [0.2, 0.25) is 0 Å². The number of aryl methyl sites for hydroxylation is 1. The molecule has 0 fully saturated rings. The number of aromatic nitrogens is 1. The third-order valence-electron chi connectivity index (χ3n) is 2.96. The van der Waals surface area contributed by atoms with Crippen LogP contribution in [0.2, 0.25) is 0 Å². The third kappa shape index (κ3) is 3.20. The van der Waals surface area contributed by atoms with Gasteiger partial charge in [-0.15, -0.1) is 0 Å². The van der Waals surface area contributed by atoms with Crippen molar-refractivity contribution in [1.29, 1.82) is 0 Å². The molecule has 0 radical (unpaired) electrons. The molecule has 19 heavy (non-hydrogen) atoms. The molecule has 1 aromatic heterocycles. The zero-order valence-corrected chi connectivity index (χ0v) is 11.1. The first-order valence-electron chi connectivity index (χ1n) is 6.58. The van der Waals surface area contributed by atoms with E-state index < -0.39 is 0 Å². The fourth-order valence-corrected chi connectivity index (χ4v) is 2.08. The van der Waals surface area contributed by atoms with Gasteiger partial charge in [0, 0.05) is 29.6 Å². The van der Waals surface area contributed by atoms with Crippen LogP contribution in [-0.4, -0.2) is 17.7 Å².